The molecule has 0 radical (unpaired) electrons. The number of hydrogen-bond donors (Lipinski definition) is 0. The number of benzene rings is 2. The second kappa shape index (κ2) is 8.71. The van der Waals surface area contributed by atoms with Crippen molar-refractivity contribution in [2.45, 2.75) is 20.3 Å². The van der Waals surface area contributed by atoms with Crippen LogP contribution in [0.4, 0.5) is 0 Å². The molecule has 2 aromatic rings. The van der Waals surface area contributed by atoms with Crippen LogP contribution in [0.3, 0.4) is 0 Å². The first-order valence-electron chi connectivity index (χ1n) is 10.5. The summed E-state index contributed by atoms with van der Waals surface area (Å²) in [6.07, 6.45) is 4.22. The van der Waals surface area contributed by atoms with Crippen LogP contribution in [0.5, 0.6) is 0 Å². The molecular formula is C25H23ClN2O4. The van der Waals surface area contributed by atoms with Gasteiger partial charge in [-0.05, 0) is 31.4 Å². The van der Waals surface area contributed by atoms with Gasteiger partial charge in [-0.2, -0.15) is 5.01 Å². The molecule has 1 heterocycles. The molecule has 1 fully saturated rings. The molecule has 0 aromatic heterocycles. The standard InChI is InChI=1S/C25H23ClN2O4/c1-15-10-12-17(13-11-15)21(29)14-27(23(30)18-7-3-4-9-20(18)26)28-24(31)19-8-5-6-16(2)22(19)25(28)32/h3-7,9-13,16,19,22H,8,14H2,1-2H3/t16-,19-,22+/m1/s1. The maximum atomic E-state index is 13.5. The molecule has 2 aliphatic rings. The van der Waals surface area contributed by atoms with Gasteiger partial charge in [0.15, 0.2) is 5.78 Å². The van der Waals surface area contributed by atoms with E-state index >= 15 is 0 Å². The summed E-state index contributed by atoms with van der Waals surface area (Å²) in [5.74, 6) is -3.21. The smallest absolute Gasteiger partial charge is 0.274 e. The summed E-state index contributed by atoms with van der Waals surface area (Å²) in [7, 11) is 0. The lowest BCUT2D eigenvalue weighted by Gasteiger charge is -2.30. The zero-order valence-corrected chi connectivity index (χ0v) is 18.6. The third kappa shape index (κ3) is 3.86. The van der Waals surface area contributed by atoms with E-state index in [9.17, 15) is 19.2 Å². The van der Waals surface area contributed by atoms with Gasteiger partial charge in [-0.1, -0.05) is 72.6 Å². The number of imide groups is 1. The van der Waals surface area contributed by atoms with Crippen LogP contribution in [-0.4, -0.2) is 40.1 Å². The fourth-order valence-corrected chi connectivity index (χ4v) is 4.56. The Labute approximate surface area is 191 Å². The van der Waals surface area contributed by atoms with Crippen LogP contribution < -0.4 is 0 Å². The molecule has 4 rings (SSSR count). The Hall–Kier alpha value is -3.25. The van der Waals surface area contributed by atoms with Crippen LogP contribution in [0.15, 0.2) is 60.7 Å². The van der Waals surface area contributed by atoms with Crippen molar-refractivity contribution in [1.29, 1.82) is 0 Å². The third-order valence-corrected chi connectivity index (χ3v) is 6.43. The highest BCUT2D eigenvalue weighted by Crippen LogP contribution is 2.39. The molecule has 0 bridgehead atoms. The number of amides is 3. The second-order valence-corrected chi connectivity index (χ2v) is 8.68. The highest BCUT2D eigenvalue weighted by molar-refractivity contribution is 6.34. The number of hydrogen-bond acceptors (Lipinski definition) is 4. The molecule has 2 aromatic carbocycles. The van der Waals surface area contributed by atoms with E-state index in [1.165, 1.54) is 6.07 Å². The van der Waals surface area contributed by atoms with Crippen molar-refractivity contribution in [3.05, 3.63) is 82.4 Å². The summed E-state index contributed by atoms with van der Waals surface area (Å²) in [5, 5.41) is 2.01. The van der Waals surface area contributed by atoms with Crippen molar-refractivity contribution in [2.24, 2.45) is 17.8 Å². The third-order valence-electron chi connectivity index (χ3n) is 6.10. The number of rotatable bonds is 5. The summed E-state index contributed by atoms with van der Waals surface area (Å²) >= 11 is 6.23. The van der Waals surface area contributed by atoms with Gasteiger partial charge in [-0.15, -0.1) is 0 Å². The fraction of sp³-hybridized carbons (Fsp3) is 0.280. The molecule has 1 saturated heterocycles. The second-order valence-electron chi connectivity index (χ2n) is 8.28. The van der Waals surface area contributed by atoms with Crippen molar-refractivity contribution in [3.8, 4) is 0 Å². The van der Waals surface area contributed by atoms with Crippen molar-refractivity contribution in [1.82, 2.24) is 10.0 Å². The first kappa shape index (κ1) is 22.0. The van der Waals surface area contributed by atoms with Gasteiger partial charge in [-0.3, -0.25) is 19.2 Å². The summed E-state index contributed by atoms with van der Waals surface area (Å²) in [6.45, 7) is 3.32. The first-order valence-corrected chi connectivity index (χ1v) is 10.9. The SMILES string of the molecule is Cc1ccc(C(=O)CN(C(=O)c2ccccc2Cl)N2C(=O)[C@H]3[C@H](C)C=CC[C@H]3C2=O)cc1. The minimum Gasteiger partial charge on any atom is -0.292 e. The van der Waals surface area contributed by atoms with Gasteiger partial charge >= 0.3 is 0 Å². The minimum atomic E-state index is -0.669. The quantitative estimate of drug-likeness (QED) is 0.390. The monoisotopic (exact) mass is 450 g/mol. The predicted octanol–water partition coefficient (Wildman–Crippen LogP) is 4.09. The molecule has 3 atom stereocenters. The highest BCUT2D eigenvalue weighted by atomic mass is 35.5. The van der Waals surface area contributed by atoms with Crippen molar-refractivity contribution >= 4 is 35.1 Å². The number of halogens is 1. The van der Waals surface area contributed by atoms with Crippen LogP contribution in [-0.2, 0) is 9.59 Å². The Morgan fingerprint density at radius 2 is 1.75 bits per heavy atom. The topological polar surface area (TPSA) is 74.8 Å². The molecule has 7 heteroatoms. The molecule has 0 spiro atoms. The number of ketones is 1. The maximum Gasteiger partial charge on any atom is 0.274 e. The molecule has 164 valence electrons. The van der Waals surface area contributed by atoms with E-state index in [2.05, 4.69) is 0 Å². The minimum absolute atomic E-state index is 0.118. The van der Waals surface area contributed by atoms with Crippen LogP contribution in [0.1, 0.15) is 39.6 Å². The van der Waals surface area contributed by atoms with Crippen LogP contribution >= 0.6 is 11.6 Å². The fourth-order valence-electron chi connectivity index (χ4n) is 4.34. The average molecular weight is 451 g/mol. The highest BCUT2D eigenvalue weighted by Gasteiger charge is 2.53. The van der Waals surface area contributed by atoms with Crippen LogP contribution in [0.2, 0.25) is 5.02 Å². The van der Waals surface area contributed by atoms with Gasteiger partial charge < -0.3 is 0 Å². The van der Waals surface area contributed by atoms with Gasteiger partial charge in [0.05, 0.1) is 22.4 Å². The Balaban J connectivity index is 1.72. The van der Waals surface area contributed by atoms with Crippen molar-refractivity contribution in [3.63, 3.8) is 0 Å². The van der Waals surface area contributed by atoms with Gasteiger partial charge in [0, 0.05) is 5.56 Å². The maximum absolute atomic E-state index is 13.5. The van der Waals surface area contributed by atoms with Gasteiger partial charge in [0.2, 0.25) is 0 Å². The van der Waals surface area contributed by atoms with E-state index < -0.39 is 36.1 Å². The Bertz CT molecular complexity index is 1130. The molecule has 1 aliphatic heterocycles. The van der Waals surface area contributed by atoms with Gasteiger partial charge in [-0.25, -0.2) is 5.01 Å². The Morgan fingerprint density at radius 3 is 2.41 bits per heavy atom. The Kier molecular flexibility index (Phi) is 5.98. The van der Waals surface area contributed by atoms with E-state index in [4.69, 9.17) is 11.6 Å². The summed E-state index contributed by atoms with van der Waals surface area (Å²) < 4.78 is 0. The van der Waals surface area contributed by atoms with E-state index in [-0.39, 0.29) is 22.3 Å². The average Bonchev–Trinajstić information content (AvgIpc) is 3.03. The molecule has 0 N–H and O–H groups in total. The van der Waals surface area contributed by atoms with Crippen molar-refractivity contribution < 1.29 is 19.2 Å². The van der Waals surface area contributed by atoms with Gasteiger partial charge in [0.25, 0.3) is 17.7 Å². The number of Topliss-reactive ketones (excluding diaryl/α,β-unsaturated/α-hetero) is 1. The van der Waals surface area contributed by atoms with Crippen LogP contribution in [0.25, 0.3) is 0 Å². The molecule has 32 heavy (non-hydrogen) atoms. The van der Waals surface area contributed by atoms with E-state index in [1.807, 2.05) is 26.0 Å². The molecular weight excluding hydrogens is 428 g/mol. The lowest BCUT2D eigenvalue weighted by atomic mass is 9.78. The van der Waals surface area contributed by atoms with E-state index in [0.29, 0.717) is 12.0 Å². The number of nitrogens with zero attached hydrogens (tertiary/aromatic N) is 2. The molecule has 0 unspecified atom stereocenters. The molecule has 1 aliphatic carbocycles. The first-order chi connectivity index (χ1) is 15.3. The number of allylic oxidation sites excluding steroid dienone is 2. The largest absolute Gasteiger partial charge is 0.292 e. The predicted molar refractivity (Wildman–Crippen MR) is 120 cm³/mol. The lowest BCUT2D eigenvalue weighted by molar-refractivity contribution is -0.154. The number of fused-ring (bicyclic) bond motifs is 1. The Morgan fingerprint density at radius 1 is 1.06 bits per heavy atom. The number of aryl methyl sites for hydroxylation is 1. The van der Waals surface area contributed by atoms with Gasteiger partial charge in [0.1, 0.15) is 6.54 Å². The normalized spacial score (nSPS) is 22.1. The number of hydrazine groups is 1. The van der Waals surface area contributed by atoms with Crippen LogP contribution in [0, 0.1) is 24.7 Å². The number of carbonyl (C=O) groups excluding carboxylic acids is 4. The molecule has 3 amide bonds. The summed E-state index contributed by atoms with van der Waals surface area (Å²) in [4.78, 5) is 53.1. The summed E-state index contributed by atoms with van der Waals surface area (Å²) in [5.41, 5.74) is 1.49. The molecule has 0 saturated carbocycles. The van der Waals surface area contributed by atoms with Crippen molar-refractivity contribution in [2.75, 3.05) is 6.54 Å². The van der Waals surface area contributed by atoms with E-state index in [0.717, 1.165) is 15.6 Å². The zero-order chi connectivity index (χ0) is 23.0. The zero-order valence-electron chi connectivity index (χ0n) is 17.8. The summed E-state index contributed by atoms with van der Waals surface area (Å²) in [6, 6.07) is 13.3. The molecule has 6 nitrogen and oxygen atoms in total. The lowest BCUT2D eigenvalue weighted by Crippen LogP contribution is -2.52. The number of carbonyl (C=O) groups is 4. The van der Waals surface area contributed by atoms with E-state index in [1.54, 1.807) is 42.5 Å².